The zero-order chi connectivity index (χ0) is 7.40. The van der Waals surface area contributed by atoms with Gasteiger partial charge in [-0.3, -0.25) is 0 Å². The van der Waals surface area contributed by atoms with Crippen LogP contribution < -0.4 is 0 Å². The SMILES string of the molecule is N#Cc1ccc(CBr)cc1.[Zn]. The van der Waals surface area contributed by atoms with Gasteiger partial charge >= 0.3 is 0 Å². The van der Waals surface area contributed by atoms with Gasteiger partial charge in [0.1, 0.15) is 0 Å². The predicted octanol–water partition coefficient (Wildman–Crippen LogP) is 2.45. The molecule has 0 N–H and O–H groups in total. The second-order valence-corrected chi connectivity index (χ2v) is 2.50. The maximum absolute atomic E-state index is 8.44. The minimum absolute atomic E-state index is 0. The van der Waals surface area contributed by atoms with Gasteiger partial charge in [0.25, 0.3) is 0 Å². The topological polar surface area (TPSA) is 23.8 Å². The van der Waals surface area contributed by atoms with Crippen molar-refractivity contribution in [3.8, 4) is 6.07 Å². The summed E-state index contributed by atoms with van der Waals surface area (Å²) in [5, 5.41) is 9.29. The van der Waals surface area contributed by atoms with Crippen LogP contribution in [0.2, 0.25) is 0 Å². The maximum atomic E-state index is 8.44. The molecule has 52 valence electrons. The third kappa shape index (κ3) is 3.14. The molecule has 0 atom stereocenters. The van der Waals surface area contributed by atoms with Crippen molar-refractivity contribution in [1.82, 2.24) is 0 Å². The van der Waals surface area contributed by atoms with E-state index in [0.717, 1.165) is 5.33 Å². The first-order chi connectivity index (χ1) is 4.86. The molecular weight excluding hydrogens is 255 g/mol. The summed E-state index contributed by atoms with van der Waals surface area (Å²) in [6.45, 7) is 0. The summed E-state index contributed by atoms with van der Waals surface area (Å²) in [7, 11) is 0. The van der Waals surface area contributed by atoms with Crippen LogP contribution in [-0.4, -0.2) is 0 Å². The fourth-order valence-corrected chi connectivity index (χ4v) is 1.04. The van der Waals surface area contributed by atoms with Gasteiger partial charge in [-0.25, -0.2) is 0 Å². The first-order valence-electron chi connectivity index (χ1n) is 2.92. The van der Waals surface area contributed by atoms with Gasteiger partial charge in [-0.2, -0.15) is 5.26 Å². The summed E-state index contributed by atoms with van der Waals surface area (Å²) in [6.07, 6.45) is 0. The number of hydrogen-bond donors (Lipinski definition) is 0. The first kappa shape index (κ1) is 10.8. The fraction of sp³-hybridized carbons (Fsp3) is 0.125. The van der Waals surface area contributed by atoms with Crippen molar-refractivity contribution in [2.75, 3.05) is 0 Å². The molecule has 0 bridgehead atoms. The van der Waals surface area contributed by atoms with E-state index in [9.17, 15) is 0 Å². The molecular formula is C8H6BrNZn. The summed E-state index contributed by atoms with van der Waals surface area (Å²) in [4.78, 5) is 0. The van der Waals surface area contributed by atoms with Gasteiger partial charge in [0, 0.05) is 24.8 Å². The van der Waals surface area contributed by atoms with E-state index >= 15 is 0 Å². The van der Waals surface area contributed by atoms with Gasteiger partial charge in [0.05, 0.1) is 11.6 Å². The van der Waals surface area contributed by atoms with E-state index in [-0.39, 0.29) is 19.5 Å². The summed E-state index contributed by atoms with van der Waals surface area (Å²) >= 11 is 3.32. The molecule has 11 heavy (non-hydrogen) atoms. The molecule has 0 heterocycles. The molecule has 0 saturated carbocycles. The number of nitrogens with zero attached hydrogens (tertiary/aromatic N) is 1. The van der Waals surface area contributed by atoms with Gasteiger partial charge in [0.2, 0.25) is 0 Å². The van der Waals surface area contributed by atoms with Crippen molar-refractivity contribution in [1.29, 1.82) is 5.26 Å². The second-order valence-electron chi connectivity index (χ2n) is 1.94. The molecule has 1 aromatic carbocycles. The van der Waals surface area contributed by atoms with Gasteiger partial charge < -0.3 is 0 Å². The Hall–Kier alpha value is -0.187. The van der Waals surface area contributed by atoms with Gasteiger partial charge in [-0.1, -0.05) is 28.1 Å². The molecule has 0 unspecified atom stereocenters. The van der Waals surface area contributed by atoms with Crippen molar-refractivity contribution >= 4 is 15.9 Å². The van der Waals surface area contributed by atoms with Crippen LogP contribution in [0.5, 0.6) is 0 Å². The zero-order valence-corrected chi connectivity index (χ0v) is 10.6. The van der Waals surface area contributed by atoms with Crippen LogP contribution >= 0.6 is 15.9 Å². The van der Waals surface area contributed by atoms with E-state index < -0.39 is 0 Å². The Morgan fingerprint density at radius 1 is 1.27 bits per heavy atom. The summed E-state index contributed by atoms with van der Waals surface area (Å²) in [5.74, 6) is 0. The molecule has 0 aromatic heterocycles. The largest absolute Gasteiger partial charge is 0.192 e. The van der Waals surface area contributed by atoms with Crippen LogP contribution in [0.3, 0.4) is 0 Å². The Balaban J connectivity index is 0.000001000. The van der Waals surface area contributed by atoms with Crippen LogP contribution in [0.1, 0.15) is 11.1 Å². The van der Waals surface area contributed by atoms with E-state index in [1.165, 1.54) is 5.56 Å². The average Bonchev–Trinajstić information content (AvgIpc) is 2.05. The van der Waals surface area contributed by atoms with Crippen LogP contribution in [0.15, 0.2) is 24.3 Å². The van der Waals surface area contributed by atoms with Crippen LogP contribution in [0.4, 0.5) is 0 Å². The van der Waals surface area contributed by atoms with Crippen LogP contribution in [0.25, 0.3) is 0 Å². The van der Waals surface area contributed by atoms with E-state index in [1.54, 1.807) is 0 Å². The van der Waals surface area contributed by atoms with Crippen LogP contribution in [-0.2, 0) is 24.8 Å². The summed E-state index contributed by atoms with van der Waals surface area (Å²) < 4.78 is 0. The minimum Gasteiger partial charge on any atom is -0.192 e. The summed E-state index contributed by atoms with van der Waals surface area (Å²) in [5.41, 5.74) is 1.91. The molecule has 1 rings (SSSR count). The molecule has 0 fully saturated rings. The molecule has 1 aromatic rings. The van der Waals surface area contributed by atoms with Crippen LogP contribution in [0, 0.1) is 11.3 Å². The van der Waals surface area contributed by atoms with Gasteiger partial charge in [-0.05, 0) is 17.7 Å². The van der Waals surface area contributed by atoms with E-state index in [4.69, 9.17) is 5.26 Å². The number of halogens is 1. The normalized spacial score (nSPS) is 8.00. The smallest absolute Gasteiger partial charge is 0.0991 e. The van der Waals surface area contributed by atoms with Crippen molar-refractivity contribution in [3.05, 3.63) is 35.4 Å². The fourth-order valence-electron chi connectivity index (χ4n) is 0.668. The molecule has 0 saturated heterocycles. The van der Waals surface area contributed by atoms with Crippen molar-refractivity contribution in [2.24, 2.45) is 0 Å². The zero-order valence-electron chi connectivity index (χ0n) is 6.05. The molecule has 0 aliphatic carbocycles. The quantitative estimate of drug-likeness (QED) is 0.563. The molecule has 1 nitrogen and oxygen atoms in total. The summed E-state index contributed by atoms with van der Waals surface area (Å²) in [6, 6.07) is 9.57. The maximum Gasteiger partial charge on any atom is 0.0991 e. The van der Waals surface area contributed by atoms with Crippen molar-refractivity contribution in [3.63, 3.8) is 0 Å². The predicted molar refractivity (Wildman–Crippen MR) is 43.8 cm³/mol. The number of nitriles is 1. The van der Waals surface area contributed by atoms with Crippen molar-refractivity contribution < 1.29 is 19.5 Å². The molecule has 0 aliphatic rings. The average molecular weight is 261 g/mol. The first-order valence-corrected chi connectivity index (χ1v) is 4.04. The Kier molecular flexibility index (Phi) is 5.37. The Morgan fingerprint density at radius 3 is 2.18 bits per heavy atom. The Morgan fingerprint density at radius 2 is 1.82 bits per heavy atom. The second kappa shape index (κ2) is 5.46. The number of benzene rings is 1. The molecule has 0 amide bonds. The van der Waals surface area contributed by atoms with E-state index in [0.29, 0.717) is 5.56 Å². The Bertz CT molecular complexity index is 250. The number of hydrogen-bond acceptors (Lipinski definition) is 1. The number of rotatable bonds is 1. The standard InChI is InChI=1S/C8H6BrN.Zn/c9-5-7-1-3-8(6-10)4-2-7;/h1-4H,5H2;. The van der Waals surface area contributed by atoms with E-state index in [2.05, 4.69) is 22.0 Å². The monoisotopic (exact) mass is 259 g/mol. The third-order valence-electron chi connectivity index (χ3n) is 1.24. The number of alkyl halides is 1. The molecule has 0 spiro atoms. The van der Waals surface area contributed by atoms with Crippen molar-refractivity contribution in [2.45, 2.75) is 5.33 Å². The van der Waals surface area contributed by atoms with E-state index in [1.807, 2.05) is 24.3 Å². The third-order valence-corrected chi connectivity index (χ3v) is 1.88. The molecule has 0 radical (unpaired) electrons. The molecule has 3 heteroatoms. The Labute approximate surface area is 87.3 Å². The van der Waals surface area contributed by atoms with Gasteiger partial charge in [0.15, 0.2) is 0 Å². The minimum atomic E-state index is 0. The van der Waals surface area contributed by atoms with Gasteiger partial charge in [-0.15, -0.1) is 0 Å². The molecule has 0 aliphatic heterocycles.